The van der Waals surface area contributed by atoms with Crippen LogP contribution in [0.4, 0.5) is 10.1 Å². The van der Waals surface area contributed by atoms with Crippen molar-refractivity contribution < 1.29 is 18.9 Å². The Hall–Kier alpha value is -2.39. The van der Waals surface area contributed by atoms with Crippen molar-refractivity contribution in [2.45, 2.75) is 12.5 Å². The largest absolute Gasteiger partial charge is 0.313 e. The van der Waals surface area contributed by atoms with E-state index in [1.807, 2.05) is 4.90 Å². The van der Waals surface area contributed by atoms with Gasteiger partial charge in [0.25, 0.3) is 5.69 Å². The molecule has 30 heavy (non-hydrogen) atoms. The predicted molar refractivity (Wildman–Crippen MR) is 116 cm³/mol. The van der Waals surface area contributed by atoms with Crippen molar-refractivity contribution in [1.29, 1.82) is 0 Å². The predicted octanol–water partition coefficient (Wildman–Crippen LogP) is 3.31. The lowest BCUT2D eigenvalue weighted by molar-refractivity contribution is -0.384. The number of Topliss-reactive ketones (excluding diaryl/α,β-unsaturated/α-hetero) is 2. The Morgan fingerprint density at radius 3 is 2.27 bits per heavy atom. The maximum absolute atomic E-state index is 13.1. The maximum atomic E-state index is 13.1. The highest BCUT2D eigenvalue weighted by molar-refractivity contribution is 6.00. The first-order valence-electron chi connectivity index (χ1n) is 8.98. The first-order chi connectivity index (χ1) is 13.5. The summed E-state index contributed by atoms with van der Waals surface area (Å²) >= 11 is 0. The van der Waals surface area contributed by atoms with E-state index in [4.69, 9.17) is 0 Å². The molecular weight excluding hydrogens is 436 g/mol. The van der Waals surface area contributed by atoms with Crippen LogP contribution in [0.15, 0.2) is 48.5 Å². The number of non-ortho nitro benzene ring substituents is 1. The van der Waals surface area contributed by atoms with Gasteiger partial charge in [-0.25, -0.2) is 4.39 Å². The summed E-state index contributed by atoms with van der Waals surface area (Å²) in [5.41, 5.74) is 0.771. The van der Waals surface area contributed by atoms with Crippen LogP contribution in [-0.2, 0) is 0 Å². The quantitative estimate of drug-likeness (QED) is 0.389. The number of piperazine rings is 1. The second-order valence-corrected chi connectivity index (χ2v) is 6.60. The number of benzene rings is 2. The smallest absolute Gasteiger partial charge is 0.269 e. The molecule has 0 bridgehead atoms. The van der Waals surface area contributed by atoms with E-state index in [9.17, 15) is 24.1 Å². The minimum Gasteiger partial charge on any atom is -0.313 e. The molecule has 1 aliphatic rings. The van der Waals surface area contributed by atoms with Crippen LogP contribution in [0.25, 0.3) is 0 Å². The summed E-state index contributed by atoms with van der Waals surface area (Å²) in [6.07, 6.45) is 0.199. The van der Waals surface area contributed by atoms with E-state index < -0.39 is 16.8 Å². The third-order valence-corrected chi connectivity index (χ3v) is 4.81. The van der Waals surface area contributed by atoms with Gasteiger partial charge in [0, 0.05) is 55.9 Å². The van der Waals surface area contributed by atoms with Gasteiger partial charge in [0.15, 0.2) is 11.6 Å². The molecule has 0 radical (unpaired) electrons. The molecule has 1 N–H and O–H groups in total. The van der Waals surface area contributed by atoms with E-state index in [2.05, 4.69) is 5.32 Å². The van der Waals surface area contributed by atoms with E-state index >= 15 is 0 Å². The number of nitro groups is 1. The van der Waals surface area contributed by atoms with Crippen LogP contribution in [0.2, 0.25) is 0 Å². The normalized spacial score (nSPS) is 16.1. The van der Waals surface area contributed by atoms with E-state index in [0.29, 0.717) is 37.3 Å². The van der Waals surface area contributed by atoms with Gasteiger partial charge in [-0.15, -0.1) is 24.8 Å². The van der Waals surface area contributed by atoms with Crippen molar-refractivity contribution in [3.8, 4) is 0 Å². The number of nitro benzene ring substituents is 1. The molecule has 2 aromatic carbocycles. The summed E-state index contributed by atoms with van der Waals surface area (Å²) < 4.78 is 13.1. The highest BCUT2D eigenvalue weighted by Crippen LogP contribution is 2.16. The minimum absolute atomic E-state index is 0. The molecule has 3 rings (SSSR count). The van der Waals surface area contributed by atoms with Crippen LogP contribution >= 0.6 is 24.8 Å². The number of hydrogen-bond acceptors (Lipinski definition) is 6. The molecule has 0 saturated carbocycles. The number of nitrogens with zero attached hydrogens (tertiary/aromatic N) is 2. The highest BCUT2D eigenvalue weighted by atomic mass is 35.5. The molecule has 0 aliphatic carbocycles. The second-order valence-electron chi connectivity index (χ2n) is 6.60. The molecule has 2 aromatic rings. The van der Waals surface area contributed by atoms with Crippen molar-refractivity contribution in [2.75, 3.05) is 26.2 Å². The molecular formula is C20H22Cl2FN3O4. The Kier molecular flexibility index (Phi) is 10.0. The van der Waals surface area contributed by atoms with Crippen LogP contribution in [0, 0.1) is 15.9 Å². The molecule has 1 fully saturated rings. The zero-order chi connectivity index (χ0) is 20.1. The monoisotopic (exact) mass is 457 g/mol. The van der Waals surface area contributed by atoms with Gasteiger partial charge in [0.05, 0.1) is 11.0 Å². The fourth-order valence-electron chi connectivity index (χ4n) is 3.24. The Morgan fingerprint density at radius 1 is 1.07 bits per heavy atom. The number of halogens is 3. The molecule has 1 heterocycles. The van der Waals surface area contributed by atoms with Gasteiger partial charge >= 0.3 is 0 Å². The maximum Gasteiger partial charge on any atom is 0.269 e. The molecule has 0 spiro atoms. The Labute approximate surface area is 185 Å². The fraction of sp³-hybridized carbons (Fsp3) is 0.300. The van der Waals surface area contributed by atoms with Gasteiger partial charge in [-0.05, 0) is 36.4 Å². The molecule has 1 saturated heterocycles. The average Bonchev–Trinajstić information content (AvgIpc) is 2.72. The number of carbonyl (C=O) groups excluding carboxylic acids is 2. The van der Waals surface area contributed by atoms with Gasteiger partial charge < -0.3 is 5.32 Å². The third kappa shape index (κ3) is 6.30. The summed E-state index contributed by atoms with van der Waals surface area (Å²) in [4.78, 5) is 37.3. The first kappa shape index (κ1) is 25.6. The zero-order valence-corrected chi connectivity index (χ0v) is 17.6. The molecule has 1 atom stereocenters. The van der Waals surface area contributed by atoms with Crippen molar-refractivity contribution in [3.63, 3.8) is 0 Å². The number of ketones is 2. The lowest BCUT2D eigenvalue weighted by Gasteiger charge is -2.35. The first-order valence-corrected chi connectivity index (χ1v) is 8.98. The second kappa shape index (κ2) is 11.7. The summed E-state index contributed by atoms with van der Waals surface area (Å²) in [6, 6.07) is 10.5. The Balaban J connectivity index is 0.00000225. The summed E-state index contributed by atoms with van der Waals surface area (Å²) in [5.74, 6) is -0.653. The molecule has 7 nitrogen and oxygen atoms in total. The van der Waals surface area contributed by atoms with Crippen molar-refractivity contribution in [2.24, 2.45) is 0 Å². The summed E-state index contributed by atoms with van der Waals surface area (Å²) in [7, 11) is 0. The SMILES string of the molecule is Cl.Cl.O=C(CCN1CCNCC1C(=O)c1ccc(F)cc1)c1ccc([N+](=O)[O-])cc1. The average molecular weight is 458 g/mol. The van der Waals surface area contributed by atoms with Crippen molar-refractivity contribution >= 4 is 42.1 Å². The molecule has 1 unspecified atom stereocenters. The van der Waals surface area contributed by atoms with E-state index in [-0.39, 0.29) is 48.5 Å². The number of hydrogen-bond donors (Lipinski definition) is 1. The number of nitrogens with one attached hydrogen (secondary N) is 1. The fourth-order valence-corrected chi connectivity index (χ4v) is 3.24. The van der Waals surface area contributed by atoms with Gasteiger partial charge in [-0.3, -0.25) is 24.6 Å². The van der Waals surface area contributed by atoms with Crippen LogP contribution in [0.1, 0.15) is 27.1 Å². The summed E-state index contributed by atoms with van der Waals surface area (Å²) in [6.45, 7) is 2.18. The number of rotatable bonds is 7. The summed E-state index contributed by atoms with van der Waals surface area (Å²) in [5, 5.41) is 13.9. The van der Waals surface area contributed by atoms with E-state index in [0.717, 1.165) is 0 Å². The Bertz CT molecular complexity index is 879. The van der Waals surface area contributed by atoms with Crippen LogP contribution < -0.4 is 5.32 Å². The minimum atomic E-state index is -0.513. The number of carbonyl (C=O) groups is 2. The topological polar surface area (TPSA) is 92.6 Å². The molecule has 10 heteroatoms. The molecule has 162 valence electrons. The van der Waals surface area contributed by atoms with Crippen LogP contribution in [0.5, 0.6) is 0 Å². The standard InChI is InChI=1S/C20H20FN3O4.2ClH/c21-16-5-1-15(2-6-16)20(26)18-13-22-10-12-23(18)11-9-19(25)14-3-7-17(8-4-14)24(27)28;;/h1-8,18,22H,9-13H2;2*1H. The highest BCUT2D eigenvalue weighted by Gasteiger charge is 2.29. The molecule has 1 aliphatic heterocycles. The van der Waals surface area contributed by atoms with Gasteiger partial charge in [-0.2, -0.15) is 0 Å². The lowest BCUT2D eigenvalue weighted by atomic mass is 10.00. The molecule has 0 amide bonds. The van der Waals surface area contributed by atoms with Gasteiger partial charge in [0.1, 0.15) is 5.82 Å². The van der Waals surface area contributed by atoms with Crippen molar-refractivity contribution in [1.82, 2.24) is 10.2 Å². The Morgan fingerprint density at radius 2 is 1.67 bits per heavy atom. The van der Waals surface area contributed by atoms with Crippen LogP contribution in [-0.4, -0.2) is 53.6 Å². The molecule has 0 aromatic heterocycles. The third-order valence-electron chi connectivity index (χ3n) is 4.81. The van der Waals surface area contributed by atoms with Gasteiger partial charge in [0.2, 0.25) is 0 Å². The van der Waals surface area contributed by atoms with E-state index in [1.54, 1.807) is 0 Å². The van der Waals surface area contributed by atoms with Crippen molar-refractivity contribution in [3.05, 3.63) is 75.6 Å². The lowest BCUT2D eigenvalue weighted by Crippen LogP contribution is -2.55. The zero-order valence-electron chi connectivity index (χ0n) is 16.0. The van der Waals surface area contributed by atoms with Crippen LogP contribution in [0.3, 0.4) is 0 Å². The van der Waals surface area contributed by atoms with Gasteiger partial charge in [-0.1, -0.05) is 0 Å². The van der Waals surface area contributed by atoms with E-state index in [1.165, 1.54) is 48.5 Å².